The van der Waals surface area contributed by atoms with E-state index in [9.17, 15) is 0 Å². The minimum atomic E-state index is 0.651. The van der Waals surface area contributed by atoms with Crippen LogP contribution in [-0.2, 0) is 6.54 Å². The first-order valence-corrected chi connectivity index (χ1v) is 7.51. The van der Waals surface area contributed by atoms with Gasteiger partial charge in [-0.1, -0.05) is 33.6 Å². The molecule has 0 aliphatic carbocycles. The Morgan fingerprint density at radius 1 is 1.24 bits per heavy atom. The second-order valence-electron chi connectivity index (χ2n) is 4.46. The summed E-state index contributed by atoms with van der Waals surface area (Å²) in [4.78, 5) is 8.39. The van der Waals surface area contributed by atoms with E-state index in [4.69, 9.17) is 11.6 Å². The molecule has 0 atom stereocenters. The van der Waals surface area contributed by atoms with Crippen molar-refractivity contribution in [3.63, 3.8) is 0 Å². The van der Waals surface area contributed by atoms with Gasteiger partial charge in [0.15, 0.2) is 0 Å². The number of anilines is 1. The number of halogens is 2. The van der Waals surface area contributed by atoms with Crippen LogP contribution >= 0.6 is 27.5 Å². The number of nitrogens with one attached hydrogen (secondary N) is 1. The van der Waals surface area contributed by atoms with Gasteiger partial charge in [-0.3, -0.25) is 4.57 Å². The normalized spacial score (nSPS) is 10.6. The Hall–Kier alpha value is -1.85. The fourth-order valence-corrected chi connectivity index (χ4v) is 2.64. The summed E-state index contributed by atoms with van der Waals surface area (Å²) in [5.74, 6) is 0.833. The van der Waals surface area contributed by atoms with Crippen molar-refractivity contribution in [1.29, 1.82) is 0 Å². The third kappa shape index (κ3) is 3.43. The molecule has 2 aromatic heterocycles. The first-order valence-electron chi connectivity index (χ1n) is 6.34. The number of nitrogens with zero attached hydrogens (tertiary/aromatic N) is 3. The Morgan fingerprint density at radius 3 is 2.81 bits per heavy atom. The van der Waals surface area contributed by atoms with Crippen LogP contribution < -0.4 is 5.32 Å². The van der Waals surface area contributed by atoms with Gasteiger partial charge in [-0.2, -0.15) is 0 Å². The number of aromatic nitrogens is 3. The number of imidazole rings is 1. The second kappa shape index (κ2) is 6.28. The summed E-state index contributed by atoms with van der Waals surface area (Å²) >= 11 is 9.59. The fraction of sp³-hybridized carbons (Fsp3) is 0.0667. The van der Waals surface area contributed by atoms with Crippen molar-refractivity contribution in [2.45, 2.75) is 6.54 Å². The SMILES string of the molecule is Clc1cc(Br)ccc1CNc1ccc(-n2ccnc2)nc1. The fourth-order valence-electron chi connectivity index (χ4n) is 1.90. The van der Waals surface area contributed by atoms with Crippen LogP contribution in [0.5, 0.6) is 0 Å². The van der Waals surface area contributed by atoms with Crippen LogP contribution in [0.4, 0.5) is 5.69 Å². The number of hydrogen-bond acceptors (Lipinski definition) is 3. The van der Waals surface area contributed by atoms with E-state index in [2.05, 4.69) is 31.2 Å². The highest BCUT2D eigenvalue weighted by molar-refractivity contribution is 9.10. The monoisotopic (exact) mass is 362 g/mol. The van der Waals surface area contributed by atoms with Crippen molar-refractivity contribution < 1.29 is 0 Å². The second-order valence-corrected chi connectivity index (χ2v) is 5.79. The Morgan fingerprint density at radius 2 is 2.14 bits per heavy atom. The van der Waals surface area contributed by atoms with Crippen molar-refractivity contribution in [2.75, 3.05) is 5.32 Å². The molecule has 106 valence electrons. The Bertz CT molecular complexity index is 726. The Balaban J connectivity index is 1.68. The molecule has 3 rings (SSSR count). The van der Waals surface area contributed by atoms with E-state index in [0.29, 0.717) is 6.54 Å². The van der Waals surface area contributed by atoms with Crippen molar-refractivity contribution in [1.82, 2.24) is 14.5 Å². The molecule has 0 saturated heterocycles. The van der Waals surface area contributed by atoms with Gasteiger partial charge in [-0.25, -0.2) is 9.97 Å². The van der Waals surface area contributed by atoms with Crippen LogP contribution in [0.25, 0.3) is 5.82 Å². The van der Waals surface area contributed by atoms with Gasteiger partial charge in [-0.05, 0) is 29.8 Å². The lowest BCUT2D eigenvalue weighted by atomic mass is 10.2. The van der Waals surface area contributed by atoms with Gasteiger partial charge in [0.1, 0.15) is 12.1 Å². The van der Waals surface area contributed by atoms with E-state index in [0.717, 1.165) is 26.6 Å². The molecule has 0 bridgehead atoms. The maximum Gasteiger partial charge on any atom is 0.137 e. The first kappa shape index (κ1) is 14.1. The third-order valence-electron chi connectivity index (χ3n) is 3.01. The Labute approximate surface area is 135 Å². The van der Waals surface area contributed by atoms with E-state index >= 15 is 0 Å². The average Bonchev–Trinajstić information content (AvgIpc) is 3.01. The van der Waals surface area contributed by atoms with Gasteiger partial charge in [-0.15, -0.1) is 0 Å². The molecule has 0 aliphatic heterocycles. The molecule has 0 radical (unpaired) electrons. The smallest absolute Gasteiger partial charge is 0.137 e. The zero-order valence-electron chi connectivity index (χ0n) is 11.0. The van der Waals surface area contributed by atoms with Crippen molar-refractivity contribution >= 4 is 33.2 Å². The van der Waals surface area contributed by atoms with E-state index in [1.807, 2.05) is 41.1 Å². The molecule has 6 heteroatoms. The van der Waals surface area contributed by atoms with Gasteiger partial charge in [0.25, 0.3) is 0 Å². The lowest BCUT2D eigenvalue weighted by Crippen LogP contribution is -2.01. The molecule has 21 heavy (non-hydrogen) atoms. The summed E-state index contributed by atoms with van der Waals surface area (Å²) < 4.78 is 2.83. The number of rotatable bonds is 4. The molecular formula is C15H12BrClN4. The van der Waals surface area contributed by atoms with Gasteiger partial charge < -0.3 is 5.32 Å². The molecular weight excluding hydrogens is 352 g/mol. The largest absolute Gasteiger partial charge is 0.380 e. The molecule has 0 fully saturated rings. The first-order chi connectivity index (χ1) is 10.2. The van der Waals surface area contributed by atoms with E-state index in [1.165, 1.54) is 0 Å². The van der Waals surface area contributed by atoms with Crippen molar-refractivity contribution in [3.05, 3.63) is 70.3 Å². The predicted molar refractivity (Wildman–Crippen MR) is 87.8 cm³/mol. The average molecular weight is 364 g/mol. The lowest BCUT2D eigenvalue weighted by Gasteiger charge is -2.09. The highest BCUT2D eigenvalue weighted by Gasteiger charge is 2.02. The molecule has 1 aromatic carbocycles. The molecule has 0 aliphatic rings. The van der Waals surface area contributed by atoms with Crippen molar-refractivity contribution in [3.8, 4) is 5.82 Å². The molecule has 0 spiro atoms. The van der Waals surface area contributed by atoms with Crippen LogP contribution in [0.3, 0.4) is 0 Å². The van der Waals surface area contributed by atoms with Crippen LogP contribution in [-0.4, -0.2) is 14.5 Å². The molecule has 4 nitrogen and oxygen atoms in total. The minimum Gasteiger partial charge on any atom is -0.380 e. The highest BCUT2D eigenvalue weighted by Crippen LogP contribution is 2.22. The number of pyridine rings is 1. The molecule has 0 amide bonds. The predicted octanol–water partition coefficient (Wildman–Crippen LogP) is 4.30. The van der Waals surface area contributed by atoms with E-state index < -0.39 is 0 Å². The van der Waals surface area contributed by atoms with Gasteiger partial charge in [0.2, 0.25) is 0 Å². The minimum absolute atomic E-state index is 0.651. The Kier molecular flexibility index (Phi) is 4.22. The van der Waals surface area contributed by atoms with Crippen molar-refractivity contribution in [2.24, 2.45) is 0 Å². The zero-order chi connectivity index (χ0) is 14.7. The molecule has 3 aromatic rings. The van der Waals surface area contributed by atoms with E-state index in [-0.39, 0.29) is 0 Å². The molecule has 1 N–H and O–H groups in total. The topological polar surface area (TPSA) is 42.7 Å². The standard InChI is InChI=1S/C15H12BrClN4/c16-12-2-1-11(14(17)7-12)8-19-13-3-4-15(20-9-13)21-6-5-18-10-21/h1-7,9-10,19H,8H2. The number of hydrogen-bond donors (Lipinski definition) is 1. The summed E-state index contributed by atoms with van der Waals surface area (Å²) in [6, 6.07) is 9.78. The van der Waals surface area contributed by atoms with Crippen LogP contribution in [0, 0.1) is 0 Å². The summed E-state index contributed by atoms with van der Waals surface area (Å²) in [5.41, 5.74) is 1.98. The molecule has 0 unspecified atom stereocenters. The third-order valence-corrected chi connectivity index (χ3v) is 3.86. The van der Waals surface area contributed by atoms with Crippen LogP contribution in [0.1, 0.15) is 5.56 Å². The van der Waals surface area contributed by atoms with Gasteiger partial charge in [0.05, 0.1) is 11.9 Å². The highest BCUT2D eigenvalue weighted by atomic mass is 79.9. The van der Waals surface area contributed by atoms with Gasteiger partial charge >= 0.3 is 0 Å². The lowest BCUT2D eigenvalue weighted by molar-refractivity contribution is 0.990. The molecule has 0 saturated carbocycles. The number of benzene rings is 1. The summed E-state index contributed by atoms with van der Waals surface area (Å²) in [5, 5.41) is 4.04. The van der Waals surface area contributed by atoms with E-state index in [1.54, 1.807) is 18.7 Å². The maximum atomic E-state index is 6.19. The quantitative estimate of drug-likeness (QED) is 0.751. The summed E-state index contributed by atoms with van der Waals surface area (Å²) in [6.07, 6.45) is 7.10. The zero-order valence-corrected chi connectivity index (χ0v) is 13.3. The maximum absolute atomic E-state index is 6.19. The van der Waals surface area contributed by atoms with Gasteiger partial charge in [0, 0.05) is 28.4 Å². The molecule has 2 heterocycles. The van der Waals surface area contributed by atoms with Crippen LogP contribution in [0.2, 0.25) is 5.02 Å². The summed E-state index contributed by atoms with van der Waals surface area (Å²) in [7, 11) is 0. The summed E-state index contributed by atoms with van der Waals surface area (Å²) in [6.45, 7) is 0.651. The van der Waals surface area contributed by atoms with Crippen LogP contribution in [0.15, 0.2) is 59.7 Å².